The molecule has 0 bridgehead atoms. The Hall–Kier alpha value is -1.92. The number of imidazole rings is 1. The van der Waals surface area contributed by atoms with Gasteiger partial charge in [0, 0.05) is 42.5 Å². The lowest BCUT2D eigenvalue weighted by atomic mass is 10.0. The van der Waals surface area contributed by atoms with E-state index < -0.39 is 0 Å². The summed E-state index contributed by atoms with van der Waals surface area (Å²) in [6, 6.07) is 3.89. The highest BCUT2D eigenvalue weighted by Crippen LogP contribution is 2.14. The van der Waals surface area contributed by atoms with Crippen LogP contribution in [0.15, 0.2) is 36.1 Å². The lowest BCUT2D eigenvalue weighted by Gasteiger charge is -2.10. The number of thiazole rings is 1. The fraction of sp³-hybridized carbons (Fsp3) is 0.286. The van der Waals surface area contributed by atoms with Gasteiger partial charge in [0.2, 0.25) is 5.88 Å². The molecule has 0 saturated carbocycles. The van der Waals surface area contributed by atoms with Crippen molar-refractivity contribution in [1.29, 1.82) is 0 Å². The van der Waals surface area contributed by atoms with E-state index in [1.165, 1.54) is 0 Å². The summed E-state index contributed by atoms with van der Waals surface area (Å²) in [5.41, 5.74) is 8.34. The summed E-state index contributed by atoms with van der Waals surface area (Å²) in [4.78, 5) is 9.75. The fourth-order valence-corrected chi connectivity index (χ4v) is 2.89. The highest BCUT2D eigenvalue weighted by molar-refractivity contribution is 7.15. The van der Waals surface area contributed by atoms with Crippen LogP contribution in [0.2, 0.25) is 0 Å². The van der Waals surface area contributed by atoms with E-state index in [2.05, 4.69) is 9.97 Å². The maximum absolute atomic E-state index is 6.19. The molecule has 0 amide bonds. The molecule has 1 unspecified atom stereocenters. The smallest absolute Gasteiger partial charge is 0.212 e. The second kappa shape index (κ2) is 5.60. The van der Waals surface area contributed by atoms with Gasteiger partial charge >= 0.3 is 0 Å². The number of nitrogens with two attached hydrogens (primary N) is 1. The summed E-state index contributed by atoms with van der Waals surface area (Å²) in [5.74, 6) is 0.622. The minimum absolute atomic E-state index is 0.0369. The number of fused-ring (bicyclic) bond motifs is 1. The van der Waals surface area contributed by atoms with Crippen molar-refractivity contribution in [2.45, 2.75) is 18.9 Å². The molecular formula is C14H16N4OS. The third-order valence-corrected chi connectivity index (χ3v) is 3.89. The first kappa shape index (κ1) is 13.1. The molecule has 0 aliphatic heterocycles. The second-order valence-corrected chi connectivity index (χ2v) is 5.58. The predicted octanol–water partition coefficient (Wildman–Crippen LogP) is 1.91. The minimum atomic E-state index is 0.0369. The van der Waals surface area contributed by atoms with Gasteiger partial charge in [0.25, 0.3) is 0 Å². The summed E-state index contributed by atoms with van der Waals surface area (Å²) in [7, 11) is 1.61. The van der Waals surface area contributed by atoms with Gasteiger partial charge in [0.05, 0.1) is 12.8 Å². The zero-order valence-corrected chi connectivity index (χ0v) is 12.0. The standard InChI is InChI=1S/C14H16N4OS/c1-19-13-3-2-10(8-16-13)6-11(15)7-12-9-18-4-5-20-14(18)17-12/h2-5,8-9,11H,6-7,15H2,1H3. The molecule has 3 heterocycles. The van der Waals surface area contributed by atoms with Gasteiger partial charge in [-0.3, -0.25) is 4.40 Å². The summed E-state index contributed by atoms with van der Waals surface area (Å²) in [5, 5.41) is 2.02. The number of ether oxygens (including phenoxy) is 1. The average molecular weight is 288 g/mol. The predicted molar refractivity (Wildman–Crippen MR) is 79.2 cm³/mol. The van der Waals surface area contributed by atoms with Crippen LogP contribution in [0, 0.1) is 0 Å². The first-order chi connectivity index (χ1) is 9.74. The highest BCUT2D eigenvalue weighted by atomic mass is 32.1. The van der Waals surface area contributed by atoms with Crippen LogP contribution < -0.4 is 10.5 Å². The van der Waals surface area contributed by atoms with E-state index in [4.69, 9.17) is 10.5 Å². The summed E-state index contributed by atoms with van der Waals surface area (Å²) >= 11 is 1.63. The Morgan fingerprint density at radius 2 is 2.30 bits per heavy atom. The third kappa shape index (κ3) is 2.81. The van der Waals surface area contributed by atoms with Crippen molar-refractivity contribution in [2.24, 2.45) is 5.73 Å². The molecule has 6 heteroatoms. The van der Waals surface area contributed by atoms with Crippen molar-refractivity contribution in [2.75, 3.05) is 7.11 Å². The van der Waals surface area contributed by atoms with Gasteiger partial charge in [-0.15, -0.1) is 11.3 Å². The van der Waals surface area contributed by atoms with E-state index in [-0.39, 0.29) is 6.04 Å². The Balaban J connectivity index is 1.63. The monoisotopic (exact) mass is 288 g/mol. The molecule has 2 N–H and O–H groups in total. The van der Waals surface area contributed by atoms with E-state index in [0.29, 0.717) is 5.88 Å². The Bertz CT molecular complexity index is 660. The van der Waals surface area contributed by atoms with Gasteiger partial charge in [-0.05, 0) is 12.0 Å². The van der Waals surface area contributed by atoms with Crippen LogP contribution in [0.1, 0.15) is 11.3 Å². The molecule has 0 fully saturated rings. The van der Waals surface area contributed by atoms with Gasteiger partial charge in [-0.2, -0.15) is 0 Å². The lowest BCUT2D eigenvalue weighted by Crippen LogP contribution is -2.25. The number of hydrogen-bond acceptors (Lipinski definition) is 5. The van der Waals surface area contributed by atoms with E-state index in [1.54, 1.807) is 18.4 Å². The van der Waals surface area contributed by atoms with Crippen LogP contribution in [0.3, 0.4) is 0 Å². The third-order valence-electron chi connectivity index (χ3n) is 3.12. The lowest BCUT2D eigenvalue weighted by molar-refractivity contribution is 0.397. The Labute approximate surface area is 121 Å². The molecule has 1 atom stereocenters. The van der Waals surface area contributed by atoms with Gasteiger partial charge in [-0.25, -0.2) is 9.97 Å². The molecule has 3 aromatic rings. The first-order valence-electron chi connectivity index (χ1n) is 6.40. The summed E-state index contributed by atoms with van der Waals surface area (Å²) in [6.45, 7) is 0. The van der Waals surface area contributed by atoms with Crippen LogP contribution in [-0.2, 0) is 12.8 Å². The zero-order valence-electron chi connectivity index (χ0n) is 11.2. The first-order valence-corrected chi connectivity index (χ1v) is 7.28. The molecule has 20 heavy (non-hydrogen) atoms. The molecule has 104 valence electrons. The molecule has 0 spiro atoms. The Kier molecular flexibility index (Phi) is 3.66. The van der Waals surface area contributed by atoms with Gasteiger partial charge < -0.3 is 10.5 Å². The van der Waals surface area contributed by atoms with Crippen molar-refractivity contribution in [3.05, 3.63) is 47.4 Å². The maximum atomic E-state index is 6.19. The second-order valence-electron chi connectivity index (χ2n) is 4.70. The van der Waals surface area contributed by atoms with E-state index in [0.717, 1.165) is 29.1 Å². The van der Waals surface area contributed by atoms with Crippen molar-refractivity contribution >= 4 is 16.3 Å². The Morgan fingerprint density at radius 1 is 1.40 bits per heavy atom. The molecule has 3 aromatic heterocycles. The highest BCUT2D eigenvalue weighted by Gasteiger charge is 2.09. The molecule has 5 nitrogen and oxygen atoms in total. The number of nitrogens with zero attached hydrogens (tertiary/aromatic N) is 3. The van der Waals surface area contributed by atoms with Crippen molar-refractivity contribution < 1.29 is 4.74 Å². The zero-order chi connectivity index (χ0) is 13.9. The van der Waals surface area contributed by atoms with Crippen molar-refractivity contribution in [1.82, 2.24) is 14.4 Å². The van der Waals surface area contributed by atoms with E-state index in [9.17, 15) is 0 Å². The van der Waals surface area contributed by atoms with Crippen LogP contribution in [0.25, 0.3) is 4.96 Å². The molecule has 0 saturated heterocycles. The number of hydrogen-bond donors (Lipinski definition) is 1. The average Bonchev–Trinajstić information content (AvgIpc) is 3.00. The number of aromatic nitrogens is 3. The minimum Gasteiger partial charge on any atom is -0.481 e. The quantitative estimate of drug-likeness (QED) is 0.779. The number of rotatable bonds is 5. The molecule has 0 aliphatic rings. The topological polar surface area (TPSA) is 65.4 Å². The number of methoxy groups -OCH3 is 1. The maximum Gasteiger partial charge on any atom is 0.212 e. The van der Waals surface area contributed by atoms with Gasteiger partial charge in [0.1, 0.15) is 0 Å². The van der Waals surface area contributed by atoms with Gasteiger partial charge in [0.15, 0.2) is 4.96 Å². The van der Waals surface area contributed by atoms with Crippen molar-refractivity contribution in [3.63, 3.8) is 0 Å². The van der Waals surface area contributed by atoms with Crippen molar-refractivity contribution in [3.8, 4) is 5.88 Å². The normalized spacial score (nSPS) is 12.7. The molecular weight excluding hydrogens is 272 g/mol. The van der Waals surface area contributed by atoms with Crippen LogP contribution in [0.5, 0.6) is 5.88 Å². The van der Waals surface area contributed by atoms with Crippen LogP contribution >= 0.6 is 11.3 Å². The molecule has 0 aromatic carbocycles. The Morgan fingerprint density at radius 3 is 3.00 bits per heavy atom. The fourth-order valence-electron chi connectivity index (χ4n) is 2.17. The number of pyridine rings is 1. The summed E-state index contributed by atoms with van der Waals surface area (Å²) < 4.78 is 7.07. The largest absolute Gasteiger partial charge is 0.481 e. The van der Waals surface area contributed by atoms with E-state index in [1.807, 2.05) is 40.5 Å². The molecule has 0 radical (unpaired) electrons. The SMILES string of the molecule is COc1ccc(CC(N)Cc2cn3ccsc3n2)cn1. The molecule has 3 rings (SSSR count). The van der Waals surface area contributed by atoms with Gasteiger partial charge in [-0.1, -0.05) is 6.07 Å². The molecule has 0 aliphatic carbocycles. The summed E-state index contributed by atoms with van der Waals surface area (Å²) in [6.07, 6.45) is 7.40. The van der Waals surface area contributed by atoms with E-state index >= 15 is 0 Å². The van der Waals surface area contributed by atoms with Crippen LogP contribution in [-0.4, -0.2) is 27.5 Å². The van der Waals surface area contributed by atoms with Crippen LogP contribution in [0.4, 0.5) is 0 Å².